The van der Waals surface area contributed by atoms with Gasteiger partial charge in [0, 0.05) is 17.7 Å². The van der Waals surface area contributed by atoms with Crippen molar-refractivity contribution in [3.8, 4) is 23.1 Å². The number of hydrogen-bond donors (Lipinski definition) is 3. The van der Waals surface area contributed by atoms with E-state index in [0.29, 0.717) is 5.69 Å². The minimum Gasteiger partial charge on any atom is -0.443 e. The Labute approximate surface area is 155 Å². The summed E-state index contributed by atoms with van der Waals surface area (Å²) in [6.45, 7) is 3.33. The van der Waals surface area contributed by atoms with Gasteiger partial charge < -0.3 is 14.8 Å². The van der Waals surface area contributed by atoms with Crippen LogP contribution >= 0.6 is 0 Å². The van der Waals surface area contributed by atoms with Crippen LogP contribution in [-0.2, 0) is 6.54 Å². The quantitative estimate of drug-likeness (QED) is 0.619. The first-order valence-electron chi connectivity index (χ1n) is 8.23. The van der Waals surface area contributed by atoms with E-state index in [1.54, 1.807) is 38.2 Å². The van der Waals surface area contributed by atoms with E-state index in [0.717, 1.165) is 11.1 Å². The zero-order valence-corrected chi connectivity index (χ0v) is 14.8. The van der Waals surface area contributed by atoms with Gasteiger partial charge in [0.1, 0.15) is 11.4 Å². The van der Waals surface area contributed by atoms with Gasteiger partial charge in [0.15, 0.2) is 11.5 Å². The molecule has 3 aromatic rings. The van der Waals surface area contributed by atoms with Gasteiger partial charge in [-0.25, -0.2) is 4.39 Å². The summed E-state index contributed by atoms with van der Waals surface area (Å²) in [7, 11) is 0. The van der Waals surface area contributed by atoms with E-state index in [4.69, 9.17) is 4.42 Å². The van der Waals surface area contributed by atoms with Crippen LogP contribution in [0.3, 0.4) is 0 Å². The molecule has 1 amide bonds. The van der Waals surface area contributed by atoms with Crippen LogP contribution in [0.1, 0.15) is 35.7 Å². The molecule has 1 aromatic carbocycles. The molecule has 3 N–H and O–H groups in total. The Morgan fingerprint density at radius 2 is 2.04 bits per heavy atom. The summed E-state index contributed by atoms with van der Waals surface area (Å²) in [5.74, 6) is 4.96. The van der Waals surface area contributed by atoms with Crippen molar-refractivity contribution in [2.24, 2.45) is 0 Å². The Kier molecular flexibility index (Phi) is 5.10. The van der Waals surface area contributed by atoms with Gasteiger partial charge in [0.25, 0.3) is 5.91 Å². The smallest absolute Gasteiger partial charge is 0.287 e. The van der Waals surface area contributed by atoms with Crippen LogP contribution in [0.5, 0.6) is 0 Å². The molecule has 3 rings (SSSR count). The van der Waals surface area contributed by atoms with Crippen LogP contribution in [0.4, 0.5) is 4.39 Å². The number of furan rings is 1. The van der Waals surface area contributed by atoms with Gasteiger partial charge in [0.2, 0.25) is 0 Å². The molecule has 0 bridgehead atoms. The number of amides is 1. The van der Waals surface area contributed by atoms with Crippen LogP contribution in [0.15, 0.2) is 47.0 Å². The standard InChI is InChI=1S/C20H18FN3O3/c1-20(2,26)10-9-16-7-8-17(27-16)19(25)22-11-14-12-23-24-18(14)13-3-5-15(21)6-4-13/h3-8,12,26H,11H2,1-2H3,(H,22,25)(H,23,24). The fourth-order valence-corrected chi connectivity index (χ4v) is 2.32. The molecule has 0 unspecified atom stereocenters. The summed E-state index contributed by atoms with van der Waals surface area (Å²) in [6, 6.07) is 9.06. The van der Waals surface area contributed by atoms with Crippen molar-refractivity contribution in [3.05, 3.63) is 65.5 Å². The van der Waals surface area contributed by atoms with E-state index >= 15 is 0 Å². The Morgan fingerprint density at radius 1 is 1.30 bits per heavy atom. The van der Waals surface area contributed by atoms with Gasteiger partial charge in [-0.2, -0.15) is 5.10 Å². The molecule has 0 aliphatic heterocycles. The molecule has 6 nitrogen and oxygen atoms in total. The number of halogens is 1. The molecular formula is C20H18FN3O3. The minimum atomic E-state index is -1.15. The third-order valence-corrected chi connectivity index (χ3v) is 3.61. The fourth-order valence-electron chi connectivity index (χ4n) is 2.32. The topological polar surface area (TPSA) is 91.1 Å². The number of hydrogen-bond acceptors (Lipinski definition) is 4. The van der Waals surface area contributed by atoms with Gasteiger partial charge in [0.05, 0.1) is 11.9 Å². The fraction of sp³-hybridized carbons (Fsp3) is 0.200. The summed E-state index contributed by atoms with van der Waals surface area (Å²) in [5, 5.41) is 19.2. The first-order chi connectivity index (χ1) is 12.8. The van der Waals surface area contributed by atoms with E-state index < -0.39 is 11.5 Å². The Morgan fingerprint density at radius 3 is 2.74 bits per heavy atom. The highest BCUT2D eigenvalue weighted by atomic mass is 19.1. The van der Waals surface area contributed by atoms with Crippen LogP contribution in [0, 0.1) is 17.7 Å². The number of nitrogens with zero attached hydrogens (tertiary/aromatic N) is 1. The zero-order valence-electron chi connectivity index (χ0n) is 14.8. The van der Waals surface area contributed by atoms with Gasteiger partial charge in [-0.1, -0.05) is 5.92 Å². The van der Waals surface area contributed by atoms with Crippen molar-refractivity contribution in [3.63, 3.8) is 0 Å². The van der Waals surface area contributed by atoms with Crippen LogP contribution in [0.25, 0.3) is 11.3 Å². The van der Waals surface area contributed by atoms with Crippen molar-refractivity contribution in [2.75, 3.05) is 0 Å². The maximum absolute atomic E-state index is 13.1. The van der Waals surface area contributed by atoms with Gasteiger partial charge in [-0.05, 0) is 56.2 Å². The number of carbonyl (C=O) groups excluding carboxylic acids is 1. The number of aromatic amines is 1. The van der Waals surface area contributed by atoms with Crippen LogP contribution < -0.4 is 5.32 Å². The first-order valence-corrected chi connectivity index (χ1v) is 8.23. The highest BCUT2D eigenvalue weighted by Gasteiger charge is 2.14. The molecule has 0 saturated heterocycles. The van der Waals surface area contributed by atoms with Gasteiger partial charge >= 0.3 is 0 Å². The number of aromatic nitrogens is 2. The predicted octanol–water partition coefficient (Wildman–Crippen LogP) is 2.86. The first kappa shape index (κ1) is 18.4. The molecule has 0 radical (unpaired) electrons. The van der Waals surface area contributed by atoms with Crippen LogP contribution in [-0.4, -0.2) is 26.8 Å². The van der Waals surface area contributed by atoms with Gasteiger partial charge in [-0.3, -0.25) is 9.89 Å². The normalized spacial score (nSPS) is 11.0. The Bertz CT molecular complexity index is 1000. The molecule has 2 aromatic heterocycles. The van der Waals surface area contributed by atoms with E-state index in [2.05, 4.69) is 27.4 Å². The van der Waals surface area contributed by atoms with Crippen molar-refractivity contribution in [2.45, 2.75) is 26.0 Å². The summed E-state index contributed by atoms with van der Waals surface area (Å²) >= 11 is 0. The summed E-state index contributed by atoms with van der Waals surface area (Å²) in [6.07, 6.45) is 1.60. The largest absolute Gasteiger partial charge is 0.443 e. The van der Waals surface area contributed by atoms with E-state index in [1.807, 2.05) is 0 Å². The second kappa shape index (κ2) is 7.48. The lowest BCUT2D eigenvalue weighted by Crippen LogP contribution is -2.22. The monoisotopic (exact) mass is 367 g/mol. The highest BCUT2D eigenvalue weighted by Crippen LogP contribution is 2.21. The van der Waals surface area contributed by atoms with E-state index in [1.165, 1.54) is 18.2 Å². The average molecular weight is 367 g/mol. The molecule has 138 valence electrons. The second-order valence-corrected chi connectivity index (χ2v) is 6.43. The van der Waals surface area contributed by atoms with Crippen molar-refractivity contribution in [1.82, 2.24) is 15.5 Å². The molecule has 0 fully saturated rings. The van der Waals surface area contributed by atoms with Crippen molar-refractivity contribution >= 4 is 5.91 Å². The maximum atomic E-state index is 13.1. The second-order valence-electron chi connectivity index (χ2n) is 6.43. The maximum Gasteiger partial charge on any atom is 0.287 e. The molecular weight excluding hydrogens is 349 g/mol. The average Bonchev–Trinajstić information content (AvgIpc) is 3.27. The lowest BCUT2D eigenvalue weighted by atomic mass is 10.1. The number of aliphatic hydroxyl groups is 1. The van der Waals surface area contributed by atoms with Crippen molar-refractivity contribution < 1.29 is 18.7 Å². The number of nitrogens with one attached hydrogen (secondary N) is 2. The molecule has 0 spiro atoms. The van der Waals surface area contributed by atoms with Gasteiger partial charge in [-0.15, -0.1) is 0 Å². The third-order valence-electron chi connectivity index (χ3n) is 3.61. The number of carbonyl (C=O) groups is 1. The van der Waals surface area contributed by atoms with E-state index in [9.17, 15) is 14.3 Å². The lowest BCUT2D eigenvalue weighted by Gasteiger charge is -2.05. The van der Waals surface area contributed by atoms with E-state index in [-0.39, 0.29) is 23.9 Å². The number of rotatable bonds is 4. The summed E-state index contributed by atoms with van der Waals surface area (Å²) in [4.78, 5) is 12.3. The Balaban J connectivity index is 1.67. The van der Waals surface area contributed by atoms with Crippen molar-refractivity contribution in [1.29, 1.82) is 0 Å². The molecule has 0 atom stereocenters. The summed E-state index contributed by atoms with van der Waals surface area (Å²) < 4.78 is 18.5. The molecule has 7 heteroatoms. The predicted molar refractivity (Wildman–Crippen MR) is 97.0 cm³/mol. The number of benzene rings is 1. The van der Waals surface area contributed by atoms with Crippen LogP contribution in [0.2, 0.25) is 0 Å². The highest BCUT2D eigenvalue weighted by molar-refractivity contribution is 5.91. The molecule has 2 heterocycles. The Hall–Kier alpha value is -3.37. The zero-order chi connectivity index (χ0) is 19.4. The molecule has 27 heavy (non-hydrogen) atoms. The third kappa shape index (κ3) is 4.84. The molecule has 0 saturated carbocycles. The molecule has 0 aliphatic carbocycles. The lowest BCUT2D eigenvalue weighted by molar-refractivity contribution is 0.0922. The minimum absolute atomic E-state index is 0.113. The molecule has 0 aliphatic rings. The summed E-state index contributed by atoms with van der Waals surface area (Å²) in [5.41, 5.74) is 1.07. The SMILES string of the molecule is CC(C)(O)C#Cc1ccc(C(=O)NCc2cn[nH]c2-c2ccc(F)cc2)o1. The number of H-pyrrole nitrogens is 1.